The van der Waals surface area contributed by atoms with Gasteiger partial charge in [0.2, 0.25) is 11.8 Å². The molecule has 2 rings (SSSR count). The molecule has 2 saturated heterocycles. The quantitative estimate of drug-likeness (QED) is 0.590. The highest BCUT2D eigenvalue weighted by Gasteiger charge is 2.46. The molecule has 0 saturated carbocycles. The van der Waals surface area contributed by atoms with E-state index in [2.05, 4.69) is 43.2 Å². The van der Waals surface area contributed by atoms with Crippen LogP contribution in [0.3, 0.4) is 0 Å². The lowest BCUT2D eigenvalue weighted by Gasteiger charge is -2.45. The van der Waals surface area contributed by atoms with Crippen LogP contribution in [0, 0.1) is 0 Å². The molecule has 0 atom stereocenters. The van der Waals surface area contributed by atoms with E-state index >= 15 is 0 Å². The lowest BCUT2D eigenvalue weighted by molar-refractivity contribution is -0.138. The Morgan fingerprint density at radius 3 is 2.11 bits per heavy atom. The van der Waals surface area contributed by atoms with E-state index in [-0.39, 0.29) is 15.5 Å². The van der Waals surface area contributed by atoms with E-state index in [0.717, 1.165) is 6.42 Å². The molecule has 19 heavy (non-hydrogen) atoms. The van der Waals surface area contributed by atoms with Gasteiger partial charge in [0.05, 0.1) is 11.8 Å². The van der Waals surface area contributed by atoms with Crippen molar-refractivity contribution in [1.29, 1.82) is 0 Å². The number of rotatable bonds is 4. The van der Waals surface area contributed by atoms with Gasteiger partial charge in [0, 0.05) is 19.4 Å². The summed E-state index contributed by atoms with van der Waals surface area (Å²) in [6.07, 6.45) is 3.08. The van der Waals surface area contributed by atoms with Crippen LogP contribution in [-0.2, 0) is 9.59 Å². The fourth-order valence-electron chi connectivity index (χ4n) is 2.66. The summed E-state index contributed by atoms with van der Waals surface area (Å²) in [4.78, 5) is 24.9. The Balaban J connectivity index is 2.05. The molecule has 0 aliphatic carbocycles. The Labute approximate surface area is 125 Å². The van der Waals surface area contributed by atoms with Crippen LogP contribution in [0.25, 0.3) is 0 Å². The molecule has 0 aromatic heterocycles. The highest BCUT2D eigenvalue weighted by molar-refractivity contribution is 8.21. The summed E-state index contributed by atoms with van der Waals surface area (Å²) in [6.45, 7) is 7.85. The van der Waals surface area contributed by atoms with Gasteiger partial charge in [0.15, 0.2) is 0 Å². The molecular weight excluding hydrogens is 294 g/mol. The van der Waals surface area contributed by atoms with Gasteiger partial charge < -0.3 is 0 Å². The minimum absolute atomic E-state index is 0.0292. The van der Waals surface area contributed by atoms with Gasteiger partial charge in [-0.05, 0) is 24.3 Å². The van der Waals surface area contributed by atoms with E-state index < -0.39 is 8.07 Å². The predicted octanol–water partition coefficient (Wildman–Crippen LogP) is 2.97. The molecule has 2 fully saturated rings. The van der Waals surface area contributed by atoms with Crippen LogP contribution in [0.1, 0.15) is 25.7 Å². The van der Waals surface area contributed by atoms with Gasteiger partial charge in [-0.2, -0.15) is 0 Å². The molecule has 0 radical (unpaired) electrons. The lowest BCUT2D eigenvalue weighted by Crippen LogP contribution is -2.50. The number of imide groups is 1. The zero-order valence-electron chi connectivity index (χ0n) is 12.0. The van der Waals surface area contributed by atoms with Gasteiger partial charge in [-0.1, -0.05) is 19.6 Å². The number of carbonyl (C=O) groups excluding carboxylic acids is 2. The molecule has 2 aliphatic rings. The highest BCUT2D eigenvalue weighted by atomic mass is 32.2. The van der Waals surface area contributed by atoms with Crippen LogP contribution < -0.4 is 0 Å². The van der Waals surface area contributed by atoms with E-state index in [9.17, 15) is 9.59 Å². The maximum absolute atomic E-state index is 11.7. The topological polar surface area (TPSA) is 37.4 Å². The average Bonchev–Trinajstić information content (AvgIpc) is 2.66. The molecule has 108 valence electrons. The fourth-order valence-corrected chi connectivity index (χ4v) is 10.3. The Kier molecular flexibility index (Phi) is 4.73. The standard InChI is InChI=1S/C13H23NO2S2Si/c1-19(2,3)13(17-9-4-10-18-13)7-8-14-11(15)5-6-12(14)16/h4-10H2,1-3H3. The number of likely N-dealkylation sites (tertiary alicyclic amines) is 1. The SMILES string of the molecule is C[Si](C)(C)C1(CCN2C(=O)CCC2=O)SCCCS1. The molecule has 6 heteroatoms. The van der Waals surface area contributed by atoms with Crippen molar-refractivity contribution >= 4 is 43.4 Å². The van der Waals surface area contributed by atoms with Crippen LogP contribution in [0.4, 0.5) is 0 Å². The summed E-state index contributed by atoms with van der Waals surface area (Å²) in [7, 11) is -1.35. The van der Waals surface area contributed by atoms with E-state index in [4.69, 9.17) is 0 Å². The molecule has 0 aromatic carbocycles. The third kappa shape index (κ3) is 3.21. The predicted molar refractivity (Wildman–Crippen MR) is 86.2 cm³/mol. The first-order chi connectivity index (χ1) is 8.86. The number of amides is 2. The summed E-state index contributed by atoms with van der Waals surface area (Å²) in [5.41, 5.74) is 0. The summed E-state index contributed by atoms with van der Waals surface area (Å²) in [6, 6.07) is 0. The van der Waals surface area contributed by atoms with E-state index in [0.29, 0.717) is 19.4 Å². The van der Waals surface area contributed by atoms with Gasteiger partial charge in [0.1, 0.15) is 0 Å². The van der Waals surface area contributed by atoms with Gasteiger partial charge >= 0.3 is 0 Å². The van der Waals surface area contributed by atoms with E-state index in [1.54, 1.807) is 0 Å². The Morgan fingerprint density at radius 2 is 1.63 bits per heavy atom. The van der Waals surface area contributed by atoms with Crippen molar-refractivity contribution in [3.63, 3.8) is 0 Å². The van der Waals surface area contributed by atoms with Crippen molar-refractivity contribution in [2.24, 2.45) is 0 Å². The Morgan fingerprint density at radius 1 is 1.11 bits per heavy atom. The second kappa shape index (κ2) is 5.82. The van der Waals surface area contributed by atoms with E-state index in [1.165, 1.54) is 22.8 Å². The molecule has 2 heterocycles. The Bertz CT molecular complexity index is 359. The molecule has 0 unspecified atom stereocenters. The second-order valence-electron chi connectivity index (χ2n) is 6.24. The van der Waals surface area contributed by atoms with Gasteiger partial charge in [0.25, 0.3) is 0 Å². The minimum atomic E-state index is -1.35. The summed E-state index contributed by atoms with van der Waals surface area (Å²) in [5, 5.41) is 0. The van der Waals surface area contributed by atoms with Gasteiger partial charge in [-0.15, -0.1) is 23.5 Å². The van der Waals surface area contributed by atoms with Crippen LogP contribution in [-0.4, -0.2) is 46.5 Å². The average molecular weight is 318 g/mol. The molecule has 2 amide bonds. The Hall–Kier alpha value is 0.0569. The van der Waals surface area contributed by atoms with Crippen LogP contribution in [0.15, 0.2) is 0 Å². The maximum Gasteiger partial charge on any atom is 0.229 e. The third-order valence-corrected chi connectivity index (χ3v) is 14.0. The number of hydrogen-bond donors (Lipinski definition) is 0. The third-order valence-electron chi connectivity index (χ3n) is 3.92. The van der Waals surface area contributed by atoms with Crippen LogP contribution in [0.5, 0.6) is 0 Å². The molecule has 0 N–H and O–H groups in total. The monoisotopic (exact) mass is 317 g/mol. The molecular formula is C13H23NO2S2Si. The number of nitrogens with zero attached hydrogens (tertiary/aromatic N) is 1. The minimum Gasteiger partial charge on any atom is -0.283 e. The van der Waals surface area contributed by atoms with Crippen molar-refractivity contribution in [2.75, 3.05) is 18.1 Å². The molecule has 0 spiro atoms. The maximum atomic E-state index is 11.7. The molecule has 2 aliphatic heterocycles. The molecule has 3 nitrogen and oxygen atoms in total. The number of hydrogen-bond acceptors (Lipinski definition) is 4. The van der Waals surface area contributed by atoms with Gasteiger partial charge in [-0.3, -0.25) is 14.5 Å². The van der Waals surface area contributed by atoms with Crippen LogP contribution >= 0.6 is 23.5 Å². The summed E-state index contributed by atoms with van der Waals surface area (Å²) in [5.74, 6) is 2.50. The molecule has 0 aromatic rings. The summed E-state index contributed by atoms with van der Waals surface area (Å²) >= 11 is 4.16. The molecule has 0 bridgehead atoms. The fraction of sp³-hybridized carbons (Fsp3) is 0.846. The zero-order chi connectivity index (χ0) is 14.1. The first kappa shape index (κ1) is 15.4. The number of carbonyl (C=O) groups is 2. The highest BCUT2D eigenvalue weighted by Crippen LogP contribution is 2.50. The van der Waals surface area contributed by atoms with Crippen molar-refractivity contribution < 1.29 is 9.59 Å². The van der Waals surface area contributed by atoms with E-state index in [1.807, 2.05) is 0 Å². The smallest absolute Gasteiger partial charge is 0.229 e. The largest absolute Gasteiger partial charge is 0.283 e. The zero-order valence-corrected chi connectivity index (χ0v) is 14.7. The second-order valence-corrected chi connectivity index (χ2v) is 15.4. The van der Waals surface area contributed by atoms with Gasteiger partial charge in [-0.25, -0.2) is 0 Å². The lowest BCUT2D eigenvalue weighted by atomic mass is 10.4. The van der Waals surface area contributed by atoms with Crippen molar-refractivity contribution in [3.05, 3.63) is 0 Å². The van der Waals surface area contributed by atoms with Crippen molar-refractivity contribution in [2.45, 2.75) is 49.0 Å². The summed E-state index contributed by atoms with van der Waals surface area (Å²) < 4.78 is 0.272. The van der Waals surface area contributed by atoms with Crippen molar-refractivity contribution in [1.82, 2.24) is 4.90 Å². The normalized spacial score (nSPS) is 24.1. The first-order valence-electron chi connectivity index (χ1n) is 6.97. The van der Waals surface area contributed by atoms with Crippen LogP contribution in [0.2, 0.25) is 19.6 Å². The van der Waals surface area contributed by atoms with Crippen molar-refractivity contribution in [3.8, 4) is 0 Å². The number of thioether (sulfide) groups is 2. The first-order valence-corrected chi connectivity index (χ1v) is 12.4.